The minimum absolute atomic E-state index is 0.104. The van der Waals surface area contributed by atoms with Gasteiger partial charge in [-0.1, -0.05) is 35.9 Å². The molecule has 1 aliphatic heterocycles. The number of hydrogen-bond donors (Lipinski definition) is 1. The van der Waals surface area contributed by atoms with Gasteiger partial charge in [-0.15, -0.1) is 11.3 Å². The van der Waals surface area contributed by atoms with E-state index in [1.807, 2.05) is 6.07 Å². The average Bonchev–Trinajstić information content (AvgIpc) is 3.80. The van der Waals surface area contributed by atoms with Crippen LogP contribution in [0.4, 0.5) is 0 Å². The van der Waals surface area contributed by atoms with Gasteiger partial charge in [-0.25, -0.2) is 4.98 Å². The van der Waals surface area contributed by atoms with Gasteiger partial charge in [0.2, 0.25) is 5.91 Å². The molecule has 180 valence electrons. The number of nitrogens with zero attached hydrogens (tertiary/aromatic N) is 2. The fraction of sp³-hybridized carbons (Fsp3) is 0.393. The average molecular weight is 488 g/mol. The highest BCUT2D eigenvalue weighted by Gasteiger charge is 2.39. The van der Waals surface area contributed by atoms with Crippen molar-refractivity contribution >= 4 is 23.2 Å². The van der Waals surface area contributed by atoms with Crippen LogP contribution in [0.15, 0.2) is 47.8 Å². The summed E-state index contributed by atoms with van der Waals surface area (Å²) in [5.74, 6) is 1.10. The third-order valence-electron chi connectivity index (χ3n) is 6.97. The zero-order valence-electron chi connectivity index (χ0n) is 19.8. The zero-order chi connectivity index (χ0) is 23.9. The molecular weight excluding hydrogens is 458 g/mol. The van der Waals surface area contributed by atoms with E-state index in [9.17, 15) is 9.59 Å². The molecule has 0 radical (unpaired) electrons. The van der Waals surface area contributed by atoms with Crippen molar-refractivity contribution in [3.63, 3.8) is 0 Å². The van der Waals surface area contributed by atoms with E-state index in [0.717, 1.165) is 60.5 Å². The molecule has 2 aromatic carbocycles. The van der Waals surface area contributed by atoms with Gasteiger partial charge in [-0.2, -0.15) is 0 Å². The predicted octanol–water partition coefficient (Wildman–Crippen LogP) is 4.81. The van der Waals surface area contributed by atoms with Crippen LogP contribution >= 0.6 is 11.3 Å². The number of aromatic nitrogens is 1. The predicted molar refractivity (Wildman–Crippen MR) is 135 cm³/mol. The van der Waals surface area contributed by atoms with Crippen LogP contribution in [0.3, 0.4) is 0 Å². The lowest BCUT2D eigenvalue weighted by Gasteiger charge is -2.38. The van der Waals surface area contributed by atoms with Crippen molar-refractivity contribution in [2.75, 3.05) is 6.54 Å². The summed E-state index contributed by atoms with van der Waals surface area (Å²) in [5, 5.41) is 5.53. The monoisotopic (exact) mass is 487 g/mol. The molecule has 1 aromatic heterocycles. The topological polar surface area (TPSA) is 71.5 Å². The second-order valence-corrected chi connectivity index (χ2v) is 10.8. The maximum absolute atomic E-state index is 13.2. The summed E-state index contributed by atoms with van der Waals surface area (Å²) in [6, 6.07) is 14.9. The van der Waals surface area contributed by atoms with Crippen LogP contribution in [0, 0.1) is 12.8 Å². The molecular formula is C28H29N3O3S. The van der Waals surface area contributed by atoms with Gasteiger partial charge in [0.1, 0.15) is 23.1 Å². The molecule has 0 bridgehead atoms. The lowest BCUT2D eigenvalue weighted by atomic mass is 9.87. The van der Waals surface area contributed by atoms with Crippen molar-refractivity contribution in [1.82, 2.24) is 15.2 Å². The van der Waals surface area contributed by atoms with Gasteiger partial charge in [0, 0.05) is 23.9 Å². The molecule has 1 N–H and O–H groups in total. The van der Waals surface area contributed by atoms with Crippen molar-refractivity contribution < 1.29 is 14.3 Å². The summed E-state index contributed by atoms with van der Waals surface area (Å²) in [4.78, 5) is 32.0. The Labute approximate surface area is 209 Å². The van der Waals surface area contributed by atoms with E-state index in [4.69, 9.17) is 4.74 Å². The standard InChI is InChI=1S/C28H29N3O3S/c1-17-3-2-4-20(13-17)26-23-14-22(10-7-18(23)11-12-31(26)28(33)19-5-6-19)34-15-25-30-24(16-35-25)27(32)29-21-8-9-21/h2-4,7,10,13-14,16,19,21,26H,5-6,8-9,11-12,15H2,1H3,(H,29,32). The number of carbonyl (C=O) groups is 2. The lowest BCUT2D eigenvalue weighted by molar-refractivity contribution is -0.134. The maximum atomic E-state index is 13.2. The minimum Gasteiger partial charge on any atom is -0.486 e. The van der Waals surface area contributed by atoms with E-state index in [1.165, 1.54) is 22.5 Å². The molecule has 0 spiro atoms. The van der Waals surface area contributed by atoms with Crippen LogP contribution in [0.2, 0.25) is 0 Å². The normalized spacial score (nSPS) is 19.2. The number of ether oxygens (including phenoxy) is 1. The highest BCUT2D eigenvalue weighted by molar-refractivity contribution is 7.09. The lowest BCUT2D eigenvalue weighted by Crippen LogP contribution is -2.41. The Bertz CT molecular complexity index is 1280. The molecule has 2 saturated carbocycles. The number of aryl methyl sites for hydroxylation is 1. The minimum atomic E-state index is -0.106. The number of hydrogen-bond acceptors (Lipinski definition) is 5. The van der Waals surface area contributed by atoms with Crippen LogP contribution in [0.1, 0.15) is 69.5 Å². The van der Waals surface area contributed by atoms with Crippen LogP contribution in [-0.4, -0.2) is 34.3 Å². The Morgan fingerprint density at radius 3 is 2.77 bits per heavy atom. The third-order valence-corrected chi connectivity index (χ3v) is 7.79. The number of carbonyl (C=O) groups excluding carboxylic acids is 2. The molecule has 1 atom stereocenters. The zero-order valence-corrected chi connectivity index (χ0v) is 20.6. The van der Waals surface area contributed by atoms with Gasteiger partial charge in [0.15, 0.2) is 0 Å². The quantitative estimate of drug-likeness (QED) is 0.519. The summed E-state index contributed by atoms with van der Waals surface area (Å²) < 4.78 is 6.12. The second-order valence-electron chi connectivity index (χ2n) is 9.90. The van der Waals surface area contributed by atoms with Gasteiger partial charge in [0.05, 0.1) is 6.04 Å². The molecule has 2 fully saturated rings. The van der Waals surface area contributed by atoms with E-state index in [1.54, 1.807) is 5.38 Å². The van der Waals surface area contributed by atoms with Crippen LogP contribution < -0.4 is 10.1 Å². The molecule has 7 heteroatoms. The van der Waals surface area contributed by atoms with E-state index < -0.39 is 0 Å². The fourth-order valence-electron chi connectivity index (χ4n) is 4.80. The third kappa shape index (κ3) is 4.82. The largest absolute Gasteiger partial charge is 0.486 e. The number of benzene rings is 2. The molecule has 3 aromatic rings. The SMILES string of the molecule is Cc1cccc(C2c3cc(OCc4nc(C(=O)NC5CC5)cs4)ccc3CCN2C(=O)C2CC2)c1. The van der Waals surface area contributed by atoms with E-state index in [-0.39, 0.29) is 23.8 Å². The highest BCUT2D eigenvalue weighted by atomic mass is 32.1. The van der Waals surface area contributed by atoms with E-state index in [0.29, 0.717) is 18.3 Å². The molecule has 3 aliphatic rings. The van der Waals surface area contributed by atoms with Crippen molar-refractivity contribution in [1.29, 1.82) is 0 Å². The van der Waals surface area contributed by atoms with Gasteiger partial charge in [-0.3, -0.25) is 9.59 Å². The molecule has 2 amide bonds. The van der Waals surface area contributed by atoms with Gasteiger partial charge in [0.25, 0.3) is 5.91 Å². The Hall–Kier alpha value is -3.19. The summed E-state index contributed by atoms with van der Waals surface area (Å²) in [6.45, 7) is 3.14. The molecule has 1 unspecified atom stereocenters. The van der Waals surface area contributed by atoms with Gasteiger partial charge >= 0.3 is 0 Å². The summed E-state index contributed by atoms with van der Waals surface area (Å²) in [6.07, 6.45) is 4.96. The van der Waals surface area contributed by atoms with Crippen molar-refractivity contribution in [2.24, 2.45) is 5.92 Å². The Balaban J connectivity index is 1.24. The maximum Gasteiger partial charge on any atom is 0.270 e. The first kappa shape index (κ1) is 22.3. The molecule has 35 heavy (non-hydrogen) atoms. The van der Waals surface area contributed by atoms with Crippen LogP contribution in [0.5, 0.6) is 5.75 Å². The molecule has 6 nitrogen and oxygen atoms in total. The summed E-state index contributed by atoms with van der Waals surface area (Å²) in [7, 11) is 0. The van der Waals surface area contributed by atoms with Gasteiger partial charge in [-0.05, 0) is 67.9 Å². The Morgan fingerprint density at radius 1 is 1.14 bits per heavy atom. The number of nitrogens with one attached hydrogen (secondary N) is 1. The fourth-order valence-corrected chi connectivity index (χ4v) is 5.48. The number of thiazole rings is 1. The van der Waals surface area contributed by atoms with Crippen LogP contribution in [-0.2, 0) is 17.8 Å². The molecule has 0 saturated heterocycles. The summed E-state index contributed by atoms with van der Waals surface area (Å²) in [5.41, 5.74) is 5.18. The number of amides is 2. The first-order valence-electron chi connectivity index (χ1n) is 12.4. The second kappa shape index (κ2) is 9.11. The molecule has 6 rings (SSSR count). The van der Waals surface area contributed by atoms with Crippen molar-refractivity contribution in [3.05, 3.63) is 80.8 Å². The first-order chi connectivity index (χ1) is 17.0. The van der Waals surface area contributed by atoms with Crippen molar-refractivity contribution in [3.8, 4) is 5.75 Å². The first-order valence-corrected chi connectivity index (χ1v) is 13.3. The van der Waals surface area contributed by atoms with E-state index >= 15 is 0 Å². The molecule has 2 heterocycles. The Kier molecular flexibility index (Phi) is 5.80. The summed E-state index contributed by atoms with van der Waals surface area (Å²) >= 11 is 1.44. The number of rotatable bonds is 7. The molecule has 2 aliphatic carbocycles. The van der Waals surface area contributed by atoms with Gasteiger partial charge < -0.3 is 15.0 Å². The van der Waals surface area contributed by atoms with E-state index in [2.05, 4.69) is 58.5 Å². The number of fused-ring (bicyclic) bond motifs is 1. The highest BCUT2D eigenvalue weighted by Crippen LogP contribution is 2.41. The Morgan fingerprint density at radius 2 is 2.00 bits per heavy atom. The van der Waals surface area contributed by atoms with Crippen LogP contribution in [0.25, 0.3) is 0 Å². The van der Waals surface area contributed by atoms with Crippen molar-refractivity contribution in [2.45, 2.75) is 57.7 Å². The smallest absolute Gasteiger partial charge is 0.270 e.